The number of carbonyl (C=O) groups is 1. The van der Waals surface area contributed by atoms with Crippen molar-refractivity contribution in [2.75, 3.05) is 0 Å². The maximum Gasteiger partial charge on any atom is 1.00 e. The van der Waals surface area contributed by atoms with Gasteiger partial charge in [-0.05, 0) is 18.1 Å². The smallest absolute Gasteiger partial charge is 0.872 e. The van der Waals surface area contributed by atoms with E-state index in [4.69, 9.17) is 0 Å². The molecule has 1 rings (SSSR count). The molecule has 0 unspecified atom stereocenters. The Hall–Kier alpha value is 0.490. The molecule has 0 aliphatic heterocycles. The second kappa shape index (κ2) is 6.87. The molecule has 1 aromatic rings. The first-order valence-electron chi connectivity index (χ1n) is 3.11. The summed E-state index contributed by atoms with van der Waals surface area (Å²) in [4.78, 5) is 10.3. The summed E-state index contributed by atoms with van der Waals surface area (Å²) >= 11 is 0. The van der Waals surface area contributed by atoms with Gasteiger partial charge in [-0.15, -0.1) is 5.75 Å². The van der Waals surface area contributed by atoms with Crippen molar-refractivity contribution in [3.63, 3.8) is 0 Å². The maximum absolute atomic E-state index is 10.9. The zero-order valence-electron chi connectivity index (χ0n) is 7.96. The van der Waals surface area contributed by atoms with Crippen molar-refractivity contribution in [3.8, 4) is 5.75 Å². The molecule has 0 fully saturated rings. The Labute approximate surface area is 121 Å². The van der Waals surface area contributed by atoms with Gasteiger partial charge in [-0.2, -0.15) is 0 Å². The van der Waals surface area contributed by atoms with Gasteiger partial charge in [-0.25, -0.2) is 0 Å². The largest absolute Gasteiger partial charge is 1.00 e. The molecular formula is C8H6Na2O3. The van der Waals surface area contributed by atoms with Crippen LogP contribution in [0, 0.1) is 6.92 Å². The van der Waals surface area contributed by atoms with Gasteiger partial charge in [0.2, 0.25) is 0 Å². The second-order valence-electron chi connectivity index (χ2n) is 2.22. The van der Waals surface area contributed by atoms with Crippen molar-refractivity contribution in [1.82, 2.24) is 0 Å². The van der Waals surface area contributed by atoms with E-state index >= 15 is 0 Å². The summed E-state index contributed by atoms with van der Waals surface area (Å²) in [6.45, 7) is 1.47. The van der Waals surface area contributed by atoms with E-state index in [1.165, 1.54) is 25.1 Å². The van der Waals surface area contributed by atoms with E-state index in [9.17, 15) is 15.0 Å². The van der Waals surface area contributed by atoms with Crippen LogP contribution >= 0.6 is 0 Å². The van der Waals surface area contributed by atoms with Gasteiger partial charge in [0.25, 0.3) is 0 Å². The van der Waals surface area contributed by atoms with Crippen LogP contribution in [-0.2, 0) is 0 Å². The van der Waals surface area contributed by atoms with Gasteiger partial charge in [0, 0.05) is 0 Å². The van der Waals surface area contributed by atoms with Gasteiger partial charge < -0.3 is 15.0 Å². The van der Waals surface area contributed by atoms with Crippen LogP contribution in [0.1, 0.15) is 15.9 Å². The molecule has 0 bridgehead atoms. The minimum Gasteiger partial charge on any atom is -0.872 e. The Morgan fingerprint density at radius 2 is 1.85 bits per heavy atom. The predicted octanol–water partition coefficient (Wildman–Crippen LogP) is -6.56. The van der Waals surface area contributed by atoms with Crippen LogP contribution in [0.25, 0.3) is 0 Å². The first-order chi connectivity index (χ1) is 5.13. The van der Waals surface area contributed by atoms with Crippen molar-refractivity contribution in [2.24, 2.45) is 0 Å². The van der Waals surface area contributed by atoms with E-state index in [0.29, 0.717) is 0 Å². The molecule has 0 saturated heterocycles. The molecule has 0 radical (unpaired) electrons. The van der Waals surface area contributed by atoms with E-state index in [1.807, 2.05) is 0 Å². The minimum atomic E-state index is -1.31. The normalized spacial score (nSPS) is 8.08. The topological polar surface area (TPSA) is 63.2 Å². The summed E-state index contributed by atoms with van der Waals surface area (Å²) in [5.74, 6) is -1.58. The van der Waals surface area contributed by atoms with Crippen molar-refractivity contribution < 1.29 is 74.1 Å². The molecule has 0 saturated carbocycles. The number of rotatable bonds is 1. The molecule has 0 heterocycles. The van der Waals surface area contributed by atoms with Crippen LogP contribution < -0.4 is 69.3 Å². The molecule has 0 N–H and O–H groups in total. The van der Waals surface area contributed by atoms with Gasteiger partial charge in [0.1, 0.15) is 0 Å². The molecule has 13 heavy (non-hydrogen) atoms. The zero-order valence-corrected chi connectivity index (χ0v) is 12.0. The third-order valence-electron chi connectivity index (χ3n) is 1.50. The monoisotopic (exact) mass is 196 g/mol. The number of carboxylic acid groups (broad SMARTS) is 1. The molecular weight excluding hydrogens is 190 g/mol. The average Bonchev–Trinajstić information content (AvgIpc) is 1.94. The average molecular weight is 196 g/mol. The number of carbonyl (C=O) groups excluding carboxylic acids is 1. The van der Waals surface area contributed by atoms with Gasteiger partial charge in [0.15, 0.2) is 0 Å². The third-order valence-corrected chi connectivity index (χ3v) is 1.50. The standard InChI is InChI=1S/C8H8O3.2Na/c1-5-6(8(10)11)3-2-4-7(5)9;;/h2-4,9H,1H3,(H,10,11);;/q;2*+1/p-2. The fraction of sp³-hybridized carbons (Fsp3) is 0.125. The molecule has 0 aliphatic carbocycles. The van der Waals surface area contributed by atoms with Crippen LogP contribution in [0.2, 0.25) is 0 Å². The van der Waals surface area contributed by atoms with Gasteiger partial charge in [-0.3, -0.25) is 0 Å². The van der Waals surface area contributed by atoms with Crippen molar-refractivity contribution >= 4 is 5.97 Å². The van der Waals surface area contributed by atoms with E-state index in [2.05, 4.69) is 0 Å². The van der Waals surface area contributed by atoms with Gasteiger partial charge >= 0.3 is 59.1 Å². The molecule has 1 aromatic carbocycles. The molecule has 0 aliphatic rings. The minimum absolute atomic E-state index is 0. The molecule has 5 heteroatoms. The molecule has 0 amide bonds. The number of hydrogen-bond acceptors (Lipinski definition) is 3. The SMILES string of the molecule is Cc1c([O-])cccc1C(=O)[O-].[Na+].[Na+]. The van der Waals surface area contributed by atoms with Crippen LogP contribution in [0.3, 0.4) is 0 Å². The summed E-state index contributed by atoms with van der Waals surface area (Å²) in [7, 11) is 0. The molecule has 0 aromatic heterocycles. The summed E-state index contributed by atoms with van der Waals surface area (Å²) in [6, 6.07) is 4.08. The van der Waals surface area contributed by atoms with Crippen LogP contribution in [0.4, 0.5) is 0 Å². The third kappa shape index (κ3) is 4.02. The fourth-order valence-corrected chi connectivity index (χ4v) is 0.836. The van der Waals surface area contributed by atoms with E-state index in [-0.39, 0.29) is 76.0 Å². The Morgan fingerprint density at radius 3 is 2.23 bits per heavy atom. The summed E-state index contributed by atoms with van der Waals surface area (Å²) in [6.07, 6.45) is 0. The Bertz CT molecular complexity index is 299. The van der Waals surface area contributed by atoms with Crippen LogP contribution in [0.5, 0.6) is 5.75 Å². The summed E-state index contributed by atoms with van der Waals surface area (Å²) in [5.41, 5.74) is 0.199. The Morgan fingerprint density at radius 1 is 1.31 bits per heavy atom. The van der Waals surface area contributed by atoms with E-state index in [1.54, 1.807) is 0 Å². The van der Waals surface area contributed by atoms with Crippen LogP contribution in [0.15, 0.2) is 18.2 Å². The first kappa shape index (κ1) is 15.9. The van der Waals surface area contributed by atoms with E-state index in [0.717, 1.165) is 0 Å². The van der Waals surface area contributed by atoms with Crippen LogP contribution in [-0.4, -0.2) is 5.97 Å². The van der Waals surface area contributed by atoms with Gasteiger partial charge in [0.05, 0.1) is 5.97 Å². The van der Waals surface area contributed by atoms with E-state index < -0.39 is 5.97 Å². The number of carboxylic acids is 1. The van der Waals surface area contributed by atoms with Crippen molar-refractivity contribution in [3.05, 3.63) is 29.3 Å². The Kier molecular flexibility index (Phi) is 8.43. The molecule has 0 atom stereocenters. The predicted molar refractivity (Wildman–Crippen MR) is 35.0 cm³/mol. The zero-order chi connectivity index (χ0) is 8.43. The fourth-order valence-electron chi connectivity index (χ4n) is 0.836. The molecule has 3 nitrogen and oxygen atoms in total. The van der Waals surface area contributed by atoms with Crippen molar-refractivity contribution in [1.29, 1.82) is 0 Å². The molecule has 58 valence electrons. The summed E-state index contributed by atoms with van der Waals surface area (Å²) < 4.78 is 0. The first-order valence-corrected chi connectivity index (χ1v) is 3.11. The second-order valence-corrected chi connectivity index (χ2v) is 2.22. The van der Waals surface area contributed by atoms with Gasteiger partial charge in [-0.1, -0.05) is 18.2 Å². The quantitative estimate of drug-likeness (QED) is 0.419. The maximum atomic E-state index is 10.9. The van der Waals surface area contributed by atoms with Crippen molar-refractivity contribution in [2.45, 2.75) is 6.92 Å². The summed E-state index contributed by atoms with van der Waals surface area (Å²) in [5, 5.41) is 21.2. The Balaban J connectivity index is 0. The number of aromatic carboxylic acids is 1. The number of hydrogen-bond donors (Lipinski definition) is 0. The number of benzene rings is 1. The molecule has 0 spiro atoms.